The molecule has 2 aromatic rings. The molecule has 0 saturated carbocycles. The minimum Gasteiger partial charge on any atom is -0.372 e. The van der Waals surface area contributed by atoms with Gasteiger partial charge in [0.25, 0.3) is 0 Å². The lowest BCUT2D eigenvalue weighted by molar-refractivity contribution is -0.143. The van der Waals surface area contributed by atoms with Crippen molar-refractivity contribution >= 4 is 11.6 Å². The van der Waals surface area contributed by atoms with Gasteiger partial charge in [-0.2, -0.15) is 26.3 Å². The predicted octanol–water partition coefficient (Wildman–Crippen LogP) is 6.39. The minimum absolute atomic E-state index is 0.112. The number of benzene rings is 2. The molecule has 2 aromatic carbocycles. The molecular formula is C20H18ClF6NO. The van der Waals surface area contributed by atoms with Crippen LogP contribution < -0.4 is 5.32 Å². The third kappa shape index (κ3) is 5.65. The van der Waals surface area contributed by atoms with Gasteiger partial charge in [-0.1, -0.05) is 23.7 Å². The first kappa shape index (κ1) is 21.9. The number of alkyl halides is 6. The van der Waals surface area contributed by atoms with E-state index in [2.05, 4.69) is 5.32 Å². The van der Waals surface area contributed by atoms with Crippen LogP contribution in [0.3, 0.4) is 0 Å². The third-order valence-corrected chi connectivity index (χ3v) is 4.96. The molecule has 0 unspecified atom stereocenters. The van der Waals surface area contributed by atoms with Crippen LogP contribution in [0.4, 0.5) is 26.3 Å². The summed E-state index contributed by atoms with van der Waals surface area (Å²) in [7, 11) is 0. The molecule has 158 valence electrons. The first-order valence-corrected chi connectivity index (χ1v) is 9.30. The highest BCUT2D eigenvalue weighted by molar-refractivity contribution is 6.30. The molecule has 3 rings (SSSR count). The summed E-state index contributed by atoms with van der Waals surface area (Å²) >= 11 is 6.02. The van der Waals surface area contributed by atoms with Crippen molar-refractivity contribution in [1.82, 2.24) is 5.32 Å². The van der Waals surface area contributed by atoms with Gasteiger partial charge in [0.15, 0.2) is 0 Å². The molecule has 0 amide bonds. The number of piperidine rings is 1. The van der Waals surface area contributed by atoms with E-state index in [0.717, 1.165) is 18.5 Å². The fraction of sp³-hybridized carbons (Fsp3) is 0.400. The van der Waals surface area contributed by atoms with E-state index in [9.17, 15) is 26.3 Å². The Bertz CT molecular complexity index is 819. The van der Waals surface area contributed by atoms with Crippen molar-refractivity contribution in [3.8, 4) is 0 Å². The van der Waals surface area contributed by atoms with Crippen LogP contribution in [0.2, 0.25) is 5.02 Å². The van der Waals surface area contributed by atoms with E-state index < -0.39 is 29.6 Å². The largest absolute Gasteiger partial charge is 0.416 e. The molecule has 0 bridgehead atoms. The zero-order chi connectivity index (χ0) is 21.2. The molecular weight excluding hydrogens is 420 g/mol. The monoisotopic (exact) mass is 437 g/mol. The summed E-state index contributed by atoms with van der Waals surface area (Å²) in [6.07, 6.45) is -8.78. The fourth-order valence-corrected chi connectivity index (χ4v) is 3.58. The van der Waals surface area contributed by atoms with Crippen LogP contribution in [0.25, 0.3) is 0 Å². The first-order valence-electron chi connectivity index (χ1n) is 8.93. The molecule has 1 heterocycles. The summed E-state index contributed by atoms with van der Waals surface area (Å²) in [6, 6.07) is 8.33. The van der Waals surface area contributed by atoms with E-state index in [4.69, 9.17) is 16.3 Å². The molecule has 2 nitrogen and oxygen atoms in total. The molecule has 1 saturated heterocycles. The minimum atomic E-state index is -4.88. The maximum absolute atomic E-state index is 13.0. The van der Waals surface area contributed by atoms with E-state index in [1.807, 2.05) is 6.07 Å². The highest BCUT2D eigenvalue weighted by Crippen LogP contribution is 2.37. The van der Waals surface area contributed by atoms with Crippen LogP contribution in [-0.2, 0) is 23.7 Å². The molecule has 0 aromatic heterocycles. The lowest BCUT2D eigenvalue weighted by Gasteiger charge is -2.33. The van der Waals surface area contributed by atoms with Gasteiger partial charge in [-0.15, -0.1) is 0 Å². The van der Waals surface area contributed by atoms with Gasteiger partial charge in [0.2, 0.25) is 0 Å². The lowest BCUT2D eigenvalue weighted by Crippen LogP contribution is -2.39. The second-order valence-corrected chi connectivity index (χ2v) is 7.33. The molecule has 29 heavy (non-hydrogen) atoms. The van der Waals surface area contributed by atoms with Crippen LogP contribution in [0.15, 0.2) is 42.5 Å². The van der Waals surface area contributed by atoms with Gasteiger partial charge in [-0.25, -0.2) is 0 Å². The molecule has 0 radical (unpaired) electrons. The Balaban J connectivity index is 1.82. The van der Waals surface area contributed by atoms with Crippen LogP contribution in [0.5, 0.6) is 0 Å². The number of halogens is 7. The quantitative estimate of drug-likeness (QED) is 0.560. The van der Waals surface area contributed by atoms with Crippen LogP contribution in [-0.4, -0.2) is 12.6 Å². The van der Waals surface area contributed by atoms with E-state index in [1.54, 1.807) is 18.2 Å². The Morgan fingerprint density at radius 3 is 2.21 bits per heavy atom. The summed E-state index contributed by atoms with van der Waals surface area (Å²) in [6.45, 7) is 0.356. The van der Waals surface area contributed by atoms with Gasteiger partial charge in [0.1, 0.15) is 0 Å². The highest BCUT2D eigenvalue weighted by Gasteiger charge is 2.37. The van der Waals surface area contributed by atoms with Gasteiger partial charge in [0, 0.05) is 5.02 Å². The molecule has 0 aliphatic carbocycles. The lowest BCUT2D eigenvalue weighted by atomic mass is 9.94. The average Bonchev–Trinajstić information content (AvgIpc) is 2.65. The second-order valence-electron chi connectivity index (χ2n) is 6.89. The van der Waals surface area contributed by atoms with Crippen molar-refractivity contribution in [1.29, 1.82) is 0 Å². The average molecular weight is 438 g/mol. The van der Waals surface area contributed by atoms with Crippen molar-refractivity contribution in [3.63, 3.8) is 0 Å². The summed E-state index contributed by atoms with van der Waals surface area (Å²) in [5, 5.41) is 3.81. The summed E-state index contributed by atoms with van der Waals surface area (Å²) in [5.74, 6) is 0. The molecule has 1 aliphatic rings. The summed E-state index contributed by atoms with van der Waals surface area (Å²) < 4.78 is 83.9. The van der Waals surface area contributed by atoms with Crippen molar-refractivity contribution in [2.45, 2.75) is 43.9 Å². The van der Waals surface area contributed by atoms with Crippen LogP contribution in [0, 0.1) is 0 Å². The highest BCUT2D eigenvalue weighted by atomic mass is 35.5. The Morgan fingerprint density at radius 1 is 0.966 bits per heavy atom. The maximum atomic E-state index is 13.0. The topological polar surface area (TPSA) is 21.3 Å². The number of ether oxygens (including phenoxy) is 1. The van der Waals surface area contributed by atoms with Gasteiger partial charge in [0.05, 0.1) is 29.9 Å². The molecule has 1 aliphatic heterocycles. The van der Waals surface area contributed by atoms with Crippen LogP contribution >= 0.6 is 11.6 Å². The Labute approximate surface area is 168 Å². The van der Waals surface area contributed by atoms with Crippen molar-refractivity contribution in [2.24, 2.45) is 0 Å². The van der Waals surface area contributed by atoms with Crippen LogP contribution in [0.1, 0.15) is 41.1 Å². The SMILES string of the molecule is FC(F)(F)c1cc(CO[C@@H]2CCCN[C@@H]2c2cccc(Cl)c2)cc(C(F)(F)F)c1. The van der Waals surface area contributed by atoms with Crippen molar-refractivity contribution < 1.29 is 31.1 Å². The summed E-state index contributed by atoms with van der Waals surface area (Å²) in [4.78, 5) is 0. The fourth-order valence-electron chi connectivity index (χ4n) is 3.38. The van der Waals surface area contributed by atoms with Gasteiger partial charge >= 0.3 is 12.4 Å². The van der Waals surface area contributed by atoms with Crippen molar-refractivity contribution in [3.05, 3.63) is 69.7 Å². The first-order chi connectivity index (χ1) is 13.5. The number of hydrogen-bond acceptors (Lipinski definition) is 2. The van der Waals surface area contributed by atoms with E-state index in [1.165, 1.54) is 0 Å². The number of nitrogens with one attached hydrogen (secondary N) is 1. The molecule has 1 N–H and O–H groups in total. The molecule has 2 atom stereocenters. The Morgan fingerprint density at radius 2 is 1.62 bits per heavy atom. The predicted molar refractivity (Wildman–Crippen MR) is 96.5 cm³/mol. The zero-order valence-electron chi connectivity index (χ0n) is 15.1. The molecule has 0 spiro atoms. The van der Waals surface area contributed by atoms with Crippen molar-refractivity contribution in [2.75, 3.05) is 6.54 Å². The normalized spacial score (nSPS) is 20.7. The zero-order valence-corrected chi connectivity index (χ0v) is 15.8. The molecule has 9 heteroatoms. The number of hydrogen-bond donors (Lipinski definition) is 1. The van der Waals surface area contributed by atoms with E-state index >= 15 is 0 Å². The third-order valence-electron chi connectivity index (χ3n) is 4.72. The standard InChI is InChI=1S/C20H18ClF6NO/c21-16-4-1-3-13(9-16)18-17(5-2-6-28-18)29-11-12-7-14(19(22,23)24)10-15(8-12)20(25,26)27/h1,3-4,7-10,17-18,28H,2,5-6,11H2/t17-,18-/m1/s1. The van der Waals surface area contributed by atoms with Gasteiger partial charge < -0.3 is 10.1 Å². The van der Waals surface area contributed by atoms with E-state index in [0.29, 0.717) is 23.6 Å². The Hall–Kier alpha value is -1.77. The molecule has 1 fully saturated rings. The Kier molecular flexibility index (Phi) is 6.45. The number of rotatable bonds is 4. The van der Waals surface area contributed by atoms with Gasteiger partial charge in [-0.05, 0) is 60.8 Å². The summed E-state index contributed by atoms with van der Waals surface area (Å²) in [5.41, 5.74) is -2.03. The second kappa shape index (κ2) is 8.53. The van der Waals surface area contributed by atoms with E-state index in [-0.39, 0.29) is 24.3 Å². The smallest absolute Gasteiger partial charge is 0.372 e. The van der Waals surface area contributed by atoms with Gasteiger partial charge in [-0.3, -0.25) is 0 Å². The maximum Gasteiger partial charge on any atom is 0.416 e.